The Morgan fingerprint density at radius 1 is 0.842 bits per heavy atom. The maximum absolute atomic E-state index is 10.7. The highest BCUT2D eigenvalue weighted by atomic mass is 16.4. The summed E-state index contributed by atoms with van der Waals surface area (Å²) in [5.41, 5.74) is 2.74. The van der Waals surface area contributed by atoms with Crippen LogP contribution in [0.1, 0.15) is 21.5 Å². The third-order valence-corrected chi connectivity index (χ3v) is 2.92. The van der Waals surface area contributed by atoms with Crippen LogP contribution in [0.3, 0.4) is 0 Å². The first-order valence-corrected chi connectivity index (χ1v) is 6.27. The SMILES string of the molecule is O=C(O)c1ccc(C/C=C/Cc2ccccc2)cc1. The number of rotatable bonds is 5. The molecular weight excluding hydrogens is 236 g/mol. The third kappa shape index (κ3) is 4.11. The van der Waals surface area contributed by atoms with Gasteiger partial charge in [-0.15, -0.1) is 0 Å². The standard InChI is InChI=1S/C17H16O2/c18-17(19)16-12-10-15(11-13-16)9-5-4-8-14-6-2-1-3-7-14/h1-7,10-13H,8-9H2,(H,18,19)/b5-4+. The Hall–Kier alpha value is -2.35. The fourth-order valence-electron chi connectivity index (χ4n) is 1.84. The molecule has 19 heavy (non-hydrogen) atoms. The highest BCUT2D eigenvalue weighted by Gasteiger charge is 2.00. The summed E-state index contributed by atoms with van der Waals surface area (Å²) in [6, 6.07) is 17.3. The summed E-state index contributed by atoms with van der Waals surface area (Å²) in [5, 5.41) is 8.80. The summed E-state index contributed by atoms with van der Waals surface area (Å²) in [6.45, 7) is 0. The van der Waals surface area contributed by atoms with Crippen molar-refractivity contribution in [3.05, 3.63) is 83.4 Å². The second-order valence-corrected chi connectivity index (χ2v) is 4.37. The molecule has 96 valence electrons. The van der Waals surface area contributed by atoms with Gasteiger partial charge in [0.25, 0.3) is 0 Å². The lowest BCUT2D eigenvalue weighted by Gasteiger charge is -1.98. The number of aromatic carboxylic acids is 1. The molecule has 2 rings (SSSR count). The molecule has 0 bridgehead atoms. The van der Waals surface area contributed by atoms with E-state index in [0.717, 1.165) is 18.4 Å². The molecule has 2 heteroatoms. The van der Waals surface area contributed by atoms with Gasteiger partial charge in [-0.2, -0.15) is 0 Å². The zero-order valence-electron chi connectivity index (χ0n) is 10.6. The van der Waals surface area contributed by atoms with E-state index in [2.05, 4.69) is 24.3 Å². The van der Waals surface area contributed by atoms with E-state index in [9.17, 15) is 4.79 Å². The van der Waals surface area contributed by atoms with Crippen molar-refractivity contribution in [2.24, 2.45) is 0 Å². The molecule has 2 aromatic carbocycles. The van der Waals surface area contributed by atoms with E-state index in [1.165, 1.54) is 5.56 Å². The Bertz CT molecular complexity index is 554. The second kappa shape index (κ2) is 6.55. The molecule has 0 aliphatic heterocycles. The van der Waals surface area contributed by atoms with Crippen LogP contribution in [0.5, 0.6) is 0 Å². The Kier molecular flexibility index (Phi) is 4.51. The number of hydrogen-bond donors (Lipinski definition) is 1. The van der Waals surface area contributed by atoms with Crippen molar-refractivity contribution in [2.75, 3.05) is 0 Å². The Morgan fingerprint density at radius 2 is 1.37 bits per heavy atom. The quantitative estimate of drug-likeness (QED) is 0.823. The molecule has 0 saturated heterocycles. The number of benzene rings is 2. The molecule has 0 fully saturated rings. The Labute approximate surface area is 113 Å². The molecule has 0 aliphatic carbocycles. The average Bonchev–Trinajstić information content (AvgIpc) is 2.45. The fourth-order valence-corrected chi connectivity index (χ4v) is 1.84. The lowest BCUT2D eigenvalue weighted by molar-refractivity contribution is 0.0697. The summed E-state index contributed by atoms with van der Waals surface area (Å²) in [6.07, 6.45) is 6.00. The number of carbonyl (C=O) groups is 1. The third-order valence-electron chi connectivity index (χ3n) is 2.92. The second-order valence-electron chi connectivity index (χ2n) is 4.37. The van der Waals surface area contributed by atoms with E-state index in [1.54, 1.807) is 12.1 Å². The van der Waals surface area contributed by atoms with E-state index in [0.29, 0.717) is 5.56 Å². The molecule has 2 aromatic rings. The van der Waals surface area contributed by atoms with Crippen molar-refractivity contribution >= 4 is 5.97 Å². The van der Waals surface area contributed by atoms with Crippen molar-refractivity contribution in [3.8, 4) is 0 Å². The van der Waals surface area contributed by atoms with Crippen molar-refractivity contribution < 1.29 is 9.90 Å². The first-order chi connectivity index (χ1) is 9.25. The Balaban J connectivity index is 1.86. The summed E-state index contributed by atoms with van der Waals surface area (Å²) < 4.78 is 0. The van der Waals surface area contributed by atoms with Crippen molar-refractivity contribution in [3.63, 3.8) is 0 Å². The van der Waals surface area contributed by atoms with Gasteiger partial charge in [-0.05, 0) is 36.1 Å². The minimum Gasteiger partial charge on any atom is -0.478 e. The van der Waals surface area contributed by atoms with Crippen molar-refractivity contribution in [1.82, 2.24) is 0 Å². The summed E-state index contributed by atoms with van der Waals surface area (Å²) in [7, 11) is 0. The monoisotopic (exact) mass is 252 g/mol. The van der Waals surface area contributed by atoms with Gasteiger partial charge in [0.05, 0.1) is 5.56 Å². The molecule has 0 amide bonds. The van der Waals surface area contributed by atoms with Gasteiger partial charge < -0.3 is 5.11 Å². The fraction of sp³-hybridized carbons (Fsp3) is 0.118. The van der Waals surface area contributed by atoms with Crippen molar-refractivity contribution in [2.45, 2.75) is 12.8 Å². The minimum atomic E-state index is -0.883. The molecule has 0 aliphatic rings. The smallest absolute Gasteiger partial charge is 0.335 e. The predicted molar refractivity (Wildman–Crippen MR) is 76.4 cm³/mol. The van der Waals surface area contributed by atoms with Gasteiger partial charge in [0.15, 0.2) is 0 Å². The summed E-state index contributed by atoms with van der Waals surface area (Å²) in [5.74, 6) is -0.883. The Morgan fingerprint density at radius 3 is 1.89 bits per heavy atom. The normalized spacial score (nSPS) is 10.7. The van der Waals surface area contributed by atoms with Crippen LogP contribution in [0.4, 0.5) is 0 Å². The molecule has 0 saturated carbocycles. The van der Waals surface area contributed by atoms with Gasteiger partial charge in [0.1, 0.15) is 0 Å². The highest BCUT2D eigenvalue weighted by Crippen LogP contribution is 2.06. The minimum absolute atomic E-state index is 0.331. The van der Waals surface area contributed by atoms with E-state index in [1.807, 2.05) is 30.3 Å². The summed E-state index contributed by atoms with van der Waals surface area (Å²) in [4.78, 5) is 10.7. The first-order valence-electron chi connectivity index (χ1n) is 6.27. The van der Waals surface area contributed by atoms with Crippen LogP contribution < -0.4 is 0 Å². The van der Waals surface area contributed by atoms with Crippen LogP contribution in [0.2, 0.25) is 0 Å². The molecule has 0 heterocycles. The molecular formula is C17H16O2. The van der Waals surface area contributed by atoms with Gasteiger partial charge in [0, 0.05) is 0 Å². The van der Waals surface area contributed by atoms with Crippen LogP contribution >= 0.6 is 0 Å². The molecule has 0 spiro atoms. The molecule has 0 radical (unpaired) electrons. The number of carboxylic acids is 1. The van der Waals surface area contributed by atoms with E-state index in [4.69, 9.17) is 5.11 Å². The van der Waals surface area contributed by atoms with Gasteiger partial charge in [-0.3, -0.25) is 0 Å². The highest BCUT2D eigenvalue weighted by molar-refractivity contribution is 5.87. The molecule has 0 unspecified atom stereocenters. The van der Waals surface area contributed by atoms with E-state index in [-0.39, 0.29) is 0 Å². The average molecular weight is 252 g/mol. The number of hydrogen-bond acceptors (Lipinski definition) is 1. The van der Waals surface area contributed by atoms with Crippen LogP contribution in [0, 0.1) is 0 Å². The maximum atomic E-state index is 10.7. The van der Waals surface area contributed by atoms with Crippen molar-refractivity contribution in [1.29, 1.82) is 0 Å². The van der Waals surface area contributed by atoms with E-state index >= 15 is 0 Å². The molecule has 2 nitrogen and oxygen atoms in total. The van der Waals surface area contributed by atoms with Gasteiger partial charge in [-0.1, -0.05) is 54.6 Å². The first kappa shape index (κ1) is 13.1. The van der Waals surface area contributed by atoms with Gasteiger partial charge in [0.2, 0.25) is 0 Å². The van der Waals surface area contributed by atoms with E-state index < -0.39 is 5.97 Å². The topological polar surface area (TPSA) is 37.3 Å². The molecule has 0 atom stereocenters. The lowest BCUT2D eigenvalue weighted by Crippen LogP contribution is -1.95. The zero-order valence-corrected chi connectivity index (χ0v) is 10.6. The maximum Gasteiger partial charge on any atom is 0.335 e. The largest absolute Gasteiger partial charge is 0.478 e. The van der Waals surface area contributed by atoms with Gasteiger partial charge >= 0.3 is 5.97 Å². The lowest BCUT2D eigenvalue weighted by atomic mass is 10.1. The number of carboxylic acid groups (broad SMARTS) is 1. The van der Waals surface area contributed by atoms with Crippen LogP contribution in [0.15, 0.2) is 66.7 Å². The molecule has 1 N–H and O–H groups in total. The van der Waals surface area contributed by atoms with Crippen LogP contribution in [-0.4, -0.2) is 11.1 Å². The van der Waals surface area contributed by atoms with Crippen LogP contribution in [0.25, 0.3) is 0 Å². The van der Waals surface area contributed by atoms with Gasteiger partial charge in [-0.25, -0.2) is 4.79 Å². The zero-order chi connectivity index (χ0) is 13.5. The molecule has 0 aromatic heterocycles. The van der Waals surface area contributed by atoms with Crippen LogP contribution in [-0.2, 0) is 12.8 Å². The predicted octanol–water partition coefficient (Wildman–Crippen LogP) is 3.73. The number of allylic oxidation sites excluding steroid dienone is 2. The summed E-state index contributed by atoms with van der Waals surface area (Å²) >= 11 is 0.